The van der Waals surface area contributed by atoms with Gasteiger partial charge >= 0.3 is 0 Å². The summed E-state index contributed by atoms with van der Waals surface area (Å²) >= 11 is 0. The van der Waals surface area contributed by atoms with Gasteiger partial charge in [-0.2, -0.15) is 0 Å². The van der Waals surface area contributed by atoms with Gasteiger partial charge in [-0.3, -0.25) is 19.4 Å². The molecule has 31 heavy (non-hydrogen) atoms. The summed E-state index contributed by atoms with van der Waals surface area (Å²) in [5.74, 6) is -1.23. The molecular formula is C25H21N3O3. The highest BCUT2D eigenvalue weighted by molar-refractivity contribution is 6.07. The Labute approximate surface area is 180 Å². The van der Waals surface area contributed by atoms with E-state index < -0.39 is 11.8 Å². The number of hydrogen-bond donors (Lipinski definition) is 1. The number of aromatic nitrogens is 1. The first kappa shape index (κ1) is 20.2. The number of carbonyl (C=O) groups excluding carboxylic acids is 3. The number of ketones is 1. The van der Waals surface area contributed by atoms with Crippen molar-refractivity contribution >= 4 is 23.7 Å². The highest BCUT2D eigenvalue weighted by Gasteiger charge is 2.34. The number of carbonyl (C=O) groups is 3. The van der Waals surface area contributed by atoms with Gasteiger partial charge in [-0.15, -0.1) is 0 Å². The maximum atomic E-state index is 13.3. The zero-order chi connectivity index (χ0) is 21.8. The summed E-state index contributed by atoms with van der Waals surface area (Å²) in [7, 11) is 0. The van der Waals surface area contributed by atoms with Crippen molar-refractivity contribution in [2.75, 3.05) is 13.1 Å². The fourth-order valence-electron chi connectivity index (χ4n) is 3.69. The quantitative estimate of drug-likeness (QED) is 0.668. The lowest BCUT2D eigenvalue weighted by Crippen LogP contribution is -2.44. The number of nitrogens with zero attached hydrogens (tertiary/aromatic N) is 2. The van der Waals surface area contributed by atoms with Crippen LogP contribution in [0.4, 0.5) is 0 Å². The third-order valence-electron chi connectivity index (χ3n) is 5.31. The molecule has 1 aromatic heterocycles. The van der Waals surface area contributed by atoms with Crippen LogP contribution in [0.1, 0.15) is 37.9 Å². The van der Waals surface area contributed by atoms with E-state index in [2.05, 4.69) is 4.98 Å². The molecule has 154 valence electrons. The molecule has 2 heterocycles. The summed E-state index contributed by atoms with van der Waals surface area (Å²) < 4.78 is 0. The van der Waals surface area contributed by atoms with E-state index in [1.807, 2.05) is 48.5 Å². The Balaban J connectivity index is 1.68. The third-order valence-corrected chi connectivity index (χ3v) is 5.31. The first-order valence-electron chi connectivity index (χ1n) is 9.93. The van der Waals surface area contributed by atoms with Crippen LogP contribution in [0.5, 0.6) is 0 Å². The van der Waals surface area contributed by atoms with Gasteiger partial charge in [0.1, 0.15) is 0 Å². The summed E-state index contributed by atoms with van der Waals surface area (Å²) in [4.78, 5) is 43.7. The van der Waals surface area contributed by atoms with E-state index in [0.717, 1.165) is 5.56 Å². The fourth-order valence-corrected chi connectivity index (χ4v) is 3.69. The van der Waals surface area contributed by atoms with Crippen LogP contribution in [0.3, 0.4) is 0 Å². The smallest absolute Gasteiger partial charge is 0.254 e. The molecule has 0 saturated carbocycles. The first-order chi connectivity index (χ1) is 15.0. The van der Waals surface area contributed by atoms with Gasteiger partial charge in [0.15, 0.2) is 5.78 Å². The van der Waals surface area contributed by atoms with Crippen LogP contribution in [0.2, 0.25) is 0 Å². The van der Waals surface area contributed by atoms with Crippen molar-refractivity contribution in [3.8, 4) is 0 Å². The molecule has 1 aliphatic rings. The highest BCUT2D eigenvalue weighted by Crippen LogP contribution is 2.29. The SMILES string of the molecule is NC(=O)c1ccc(C(=O)N2CC(=Cc3ccccn3)C(=O)C(c3ccccc3)C2)cc1. The van der Waals surface area contributed by atoms with Gasteiger partial charge < -0.3 is 10.6 Å². The van der Waals surface area contributed by atoms with Crippen molar-refractivity contribution in [3.63, 3.8) is 0 Å². The van der Waals surface area contributed by atoms with Crippen LogP contribution in [0.15, 0.2) is 84.6 Å². The van der Waals surface area contributed by atoms with E-state index in [1.54, 1.807) is 29.3 Å². The minimum atomic E-state index is -0.549. The summed E-state index contributed by atoms with van der Waals surface area (Å²) in [6.07, 6.45) is 3.41. The predicted octanol–water partition coefficient (Wildman–Crippen LogP) is 3.07. The van der Waals surface area contributed by atoms with Crippen LogP contribution in [0.25, 0.3) is 6.08 Å². The second-order valence-corrected chi connectivity index (χ2v) is 7.38. The van der Waals surface area contributed by atoms with Crippen molar-refractivity contribution in [1.29, 1.82) is 0 Å². The molecule has 1 atom stereocenters. The Morgan fingerprint density at radius 2 is 1.61 bits per heavy atom. The third kappa shape index (κ3) is 4.43. The minimum absolute atomic E-state index is 0.00928. The topological polar surface area (TPSA) is 93.4 Å². The molecule has 3 aromatic rings. The Bertz CT molecular complexity index is 1140. The summed E-state index contributed by atoms with van der Waals surface area (Å²) in [5, 5.41) is 0. The molecule has 2 amide bonds. The highest BCUT2D eigenvalue weighted by atomic mass is 16.2. The summed E-state index contributed by atoms with van der Waals surface area (Å²) in [6.45, 7) is 0.466. The Morgan fingerprint density at radius 3 is 2.26 bits per heavy atom. The number of amides is 2. The fraction of sp³-hybridized carbons (Fsp3) is 0.120. The molecule has 0 radical (unpaired) electrons. The molecule has 1 unspecified atom stereocenters. The van der Waals surface area contributed by atoms with Crippen LogP contribution >= 0.6 is 0 Å². The van der Waals surface area contributed by atoms with Gasteiger partial charge in [-0.05, 0) is 48.0 Å². The number of nitrogens with two attached hydrogens (primary N) is 1. The second-order valence-electron chi connectivity index (χ2n) is 7.38. The van der Waals surface area contributed by atoms with E-state index in [9.17, 15) is 14.4 Å². The zero-order valence-electron chi connectivity index (χ0n) is 16.8. The van der Waals surface area contributed by atoms with E-state index in [0.29, 0.717) is 22.4 Å². The molecule has 4 rings (SSSR count). The largest absolute Gasteiger partial charge is 0.366 e. The molecule has 0 aliphatic carbocycles. The average Bonchev–Trinajstić information content (AvgIpc) is 2.81. The number of piperidine rings is 1. The Hall–Kier alpha value is -4.06. The van der Waals surface area contributed by atoms with Gasteiger partial charge in [-0.1, -0.05) is 36.4 Å². The van der Waals surface area contributed by atoms with Crippen molar-refractivity contribution < 1.29 is 14.4 Å². The maximum absolute atomic E-state index is 13.3. The number of benzene rings is 2. The molecule has 2 aromatic carbocycles. The molecule has 1 aliphatic heterocycles. The maximum Gasteiger partial charge on any atom is 0.254 e. The predicted molar refractivity (Wildman–Crippen MR) is 117 cm³/mol. The molecule has 6 heteroatoms. The lowest BCUT2D eigenvalue weighted by molar-refractivity contribution is -0.118. The van der Waals surface area contributed by atoms with Crippen molar-refractivity contribution in [1.82, 2.24) is 9.88 Å². The molecule has 0 spiro atoms. The van der Waals surface area contributed by atoms with Gasteiger partial charge in [-0.25, -0.2) is 0 Å². The zero-order valence-corrected chi connectivity index (χ0v) is 16.8. The molecule has 6 nitrogen and oxygen atoms in total. The molecular weight excluding hydrogens is 390 g/mol. The van der Waals surface area contributed by atoms with Crippen LogP contribution < -0.4 is 5.73 Å². The van der Waals surface area contributed by atoms with Gasteiger partial charge in [0.25, 0.3) is 5.91 Å². The van der Waals surface area contributed by atoms with E-state index >= 15 is 0 Å². The van der Waals surface area contributed by atoms with Crippen LogP contribution in [-0.2, 0) is 4.79 Å². The Kier molecular flexibility index (Phi) is 5.71. The first-order valence-corrected chi connectivity index (χ1v) is 9.93. The minimum Gasteiger partial charge on any atom is -0.366 e. The van der Waals surface area contributed by atoms with E-state index in [4.69, 9.17) is 5.73 Å². The molecule has 2 N–H and O–H groups in total. The lowest BCUT2D eigenvalue weighted by Gasteiger charge is -2.34. The number of Topliss-reactive ketones (excluding diaryl/α,β-unsaturated/α-hetero) is 1. The second kappa shape index (κ2) is 8.75. The average molecular weight is 411 g/mol. The standard InChI is InChI=1S/C25H21N3O3/c26-24(30)18-9-11-19(12-10-18)25(31)28-15-20(14-21-8-4-5-13-27-21)23(29)22(16-28)17-6-2-1-3-7-17/h1-14,22H,15-16H2,(H2,26,30). The van der Waals surface area contributed by atoms with Crippen molar-refractivity contribution in [2.45, 2.75) is 5.92 Å². The monoisotopic (exact) mass is 411 g/mol. The van der Waals surface area contributed by atoms with Gasteiger partial charge in [0.2, 0.25) is 5.91 Å². The normalized spacial score (nSPS) is 17.5. The van der Waals surface area contributed by atoms with Gasteiger partial charge in [0.05, 0.1) is 11.6 Å². The molecule has 1 saturated heterocycles. The number of hydrogen-bond acceptors (Lipinski definition) is 4. The van der Waals surface area contributed by atoms with Gasteiger partial charge in [0, 0.05) is 36.0 Å². The summed E-state index contributed by atoms with van der Waals surface area (Å²) in [6, 6.07) is 21.2. The number of rotatable bonds is 4. The molecule has 0 bridgehead atoms. The number of likely N-dealkylation sites (tertiary alicyclic amines) is 1. The number of primary amides is 1. The van der Waals surface area contributed by atoms with Crippen LogP contribution in [0, 0.1) is 0 Å². The summed E-state index contributed by atoms with van der Waals surface area (Å²) in [5.41, 5.74) is 8.11. The lowest BCUT2D eigenvalue weighted by atomic mass is 9.85. The van der Waals surface area contributed by atoms with Crippen molar-refractivity contribution in [2.24, 2.45) is 5.73 Å². The van der Waals surface area contributed by atoms with Crippen molar-refractivity contribution in [3.05, 3.63) is 107 Å². The molecule has 1 fully saturated rings. The van der Waals surface area contributed by atoms with E-state index in [1.165, 1.54) is 12.1 Å². The Morgan fingerprint density at radius 1 is 0.935 bits per heavy atom. The van der Waals surface area contributed by atoms with E-state index in [-0.39, 0.29) is 24.8 Å². The number of pyridine rings is 1. The van der Waals surface area contributed by atoms with Crippen LogP contribution in [-0.4, -0.2) is 40.6 Å².